The molecule has 1 aromatic carbocycles. The molecule has 1 aliphatic carbocycles. The van der Waals surface area contributed by atoms with Crippen molar-refractivity contribution in [3.05, 3.63) is 28.2 Å². The van der Waals surface area contributed by atoms with Crippen molar-refractivity contribution < 1.29 is 19.1 Å². The van der Waals surface area contributed by atoms with Gasteiger partial charge >= 0.3 is 5.97 Å². The summed E-state index contributed by atoms with van der Waals surface area (Å²) in [6, 6.07) is 5.30. The van der Waals surface area contributed by atoms with Crippen molar-refractivity contribution in [1.82, 2.24) is 4.90 Å². The molecule has 1 fully saturated rings. The number of hydrogen-bond acceptors (Lipinski definition) is 4. The second-order valence-corrected chi connectivity index (χ2v) is 6.51. The lowest BCUT2D eigenvalue weighted by atomic mass is 10.2. The molecule has 1 amide bonds. The van der Waals surface area contributed by atoms with Crippen LogP contribution in [0.2, 0.25) is 10.0 Å². The van der Waals surface area contributed by atoms with E-state index in [9.17, 15) is 9.59 Å². The smallest absolute Gasteiger partial charge is 0.307 e. The molecule has 1 saturated carbocycles. The van der Waals surface area contributed by atoms with E-state index in [1.54, 1.807) is 23.1 Å². The van der Waals surface area contributed by atoms with Crippen molar-refractivity contribution in [3.8, 4) is 5.75 Å². The van der Waals surface area contributed by atoms with E-state index in [-0.39, 0.29) is 24.3 Å². The number of halogens is 2. The molecule has 132 valence electrons. The largest absolute Gasteiger partial charge is 0.492 e. The quantitative estimate of drug-likeness (QED) is 0.489. The Hall–Kier alpha value is -1.46. The van der Waals surface area contributed by atoms with Gasteiger partial charge in [-0.25, -0.2) is 0 Å². The molecular formula is C17H21Cl2NO4. The molecule has 0 unspecified atom stereocenters. The van der Waals surface area contributed by atoms with Gasteiger partial charge in [-0.2, -0.15) is 0 Å². The summed E-state index contributed by atoms with van der Waals surface area (Å²) >= 11 is 11.9. The fourth-order valence-electron chi connectivity index (χ4n) is 2.35. The average molecular weight is 374 g/mol. The summed E-state index contributed by atoms with van der Waals surface area (Å²) in [5.74, 6) is 0.305. The first-order chi connectivity index (χ1) is 11.5. The van der Waals surface area contributed by atoms with E-state index in [0.717, 1.165) is 12.8 Å². The first-order valence-corrected chi connectivity index (χ1v) is 8.71. The van der Waals surface area contributed by atoms with Gasteiger partial charge in [-0.1, -0.05) is 23.2 Å². The molecule has 0 atom stereocenters. The second kappa shape index (κ2) is 9.14. The lowest BCUT2D eigenvalue weighted by molar-refractivity contribution is -0.142. The number of carbonyl (C=O) groups is 2. The number of benzene rings is 1. The molecule has 0 bridgehead atoms. The van der Waals surface area contributed by atoms with Gasteiger partial charge in [0, 0.05) is 24.0 Å². The number of rotatable bonds is 9. The van der Waals surface area contributed by atoms with Crippen LogP contribution in [-0.4, -0.2) is 43.1 Å². The number of esters is 1. The molecule has 0 spiro atoms. The monoisotopic (exact) mass is 373 g/mol. The summed E-state index contributed by atoms with van der Waals surface area (Å²) in [6.07, 6.45) is 3.20. The average Bonchev–Trinajstić information content (AvgIpc) is 3.38. The Kier molecular flexibility index (Phi) is 7.18. The van der Waals surface area contributed by atoms with Crippen molar-refractivity contribution in [2.45, 2.75) is 38.1 Å². The number of hydrogen-bond donors (Lipinski definition) is 0. The highest BCUT2D eigenvalue weighted by molar-refractivity contribution is 6.35. The van der Waals surface area contributed by atoms with Crippen molar-refractivity contribution in [1.29, 1.82) is 0 Å². The Balaban J connectivity index is 1.73. The number of ether oxygens (including phenoxy) is 2. The van der Waals surface area contributed by atoms with Crippen molar-refractivity contribution >= 4 is 35.1 Å². The molecule has 2 rings (SSSR count). The molecule has 0 heterocycles. The first-order valence-electron chi connectivity index (χ1n) is 7.95. The standard InChI is InChI=1S/C17H21Cl2NO4/c1-23-17(22)8-9-20(13-5-6-13)16(21)3-2-10-24-15-7-4-12(18)11-14(15)19/h4,7,11,13H,2-3,5-6,8-10H2,1H3. The molecule has 7 heteroatoms. The fourth-order valence-corrected chi connectivity index (χ4v) is 2.82. The van der Waals surface area contributed by atoms with Gasteiger partial charge in [0.1, 0.15) is 5.75 Å². The molecule has 0 N–H and O–H groups in total. The third kappa shape index (κ3) is 5.87. The second-order valence-electron chi connectivity index (χ2n) is 5.67. The third-order valence-corrected chi connectivity index (χ3v) is 4.31. The van der Waals surface area contributed by atoms with Crippen LogP contribution in [0.15, 0.2) is 18.2 Å². The van der Waals surface area contributed by atoms with E-state index in [1.165, 1.54) is 7.11 Å². The van der Waals surface area contributed by atoms with Crippen LogP contribution in [-0.2, 0) is 14.3 Å². The molecule has 24 heavy (non-hydrogen) atoms. The Morgan fingerprint density at radius 3 is 2.62 bits per heavy atom. The predicted octanol–water partition coefficient (Wildman–Crippen LogP) is 3.71. The van der Waals surface area contributed by atoms with Crippen LogP contribution >= 0.6 is 23.2 Å². The highest BCUT2D eigenvalue weighted by Gasteiger charge is 2.32. The Morgan fingerprint density at radius 1 is 1.25 bits per heavy atom. The summed E-state index contributed by atoms with van der Waals surface area (Å²) in [7, 11) is 1.35. The summed E-state index contributed by atoms with van der Waals surface area (Å²) < 4.78 is 10.2. The highest BCUT2D eigenvalue weighted by atomic mass is 35.5. The Bertz CT molecular complexity index is 590. The normalized spacial score (nSPS) is 13.5. The number of carbonyl (C=O) groups excluding carboxylic acids is 2. The molecule has 0 radical (unpaired) electrons. The minimum atomic E-state index is -0.297. The van der Waals surface area contributed by atoms with Crippen LogP contribution < -0.4 is 4.74 Å². The molecule has 0 aromatic heterocycles. The van der Waals surface area contributed by atoms with Crippen molar-refractivity contribution in [3.63, 3.8) is 0 Å². The Morgan fingerprint density at radius 2 is 2.00 bits per heavy atom. The Labute approximate surface area is 151 Å². The van der Waals surface area contributed by atoms with Gasteiger partial charge in [0.2, 0.25) is 5.91 Å². The summed E-state index contributed by atoms with van der Waals surface area (Å²) in [6.45, 7) is 0.808. The molecule has 1 aliphatic rings. The van der Waals surface area contributed by atoms with Gasteiger partial charge in [0.05, 0.1) is 25.2 Å². The third-order valence-electron chi connectivity index (χ3n) is 3.78. The van der Waals surface area contributed by atoms with Gasteiger partial charge in [0.25, 0.3) is 0 Å². The van der Waals surface area contributed by atoms with Crippen LogP contribution in [0, 0.1) is 0 Å². The topological polar surface area (TPSA) is 55.8 Å². The van der Waals surface area contributed by atoms with Crippen LogP contribution in [0.1, 0.15) is 32.1 Å². The van der Waals surface area contributed by atoms with Gasteiger partial charge < -0.3 is 14.4 Å². The van der Waals surface area contributed by atoms with Gasteiger partial charge in [-0.3, -0.25) is 9.59 Å². The maximum Gasteiger partial charge on any atom is 0.307 e. The molecule has 1 aromatic rings. The molecule has 0 aliphatic heterocycles. The minimum absolute atomic E-state index is 0.0483. The summed E-state index contributed by atoms with van der Waals surface area (Å²) in [4.78, 5) is 25.4. The first kappa shape index (κ1) is 18.9. The highest BCUT2D eigenvalue weighted by Crippen LogP contribution is 2.29. The molecule has 0 saturated heterocycles. The summed E-state index contributed by atoms with van der Waals surface area (Å²) in [5.41, 5.74) is 0. The zero-order valence-corrected chi connectivity index (χ0v) is 15.1. The lowest BCUT2D eigenvalue weighted by Gasteiger charge is -2.22. The SMILES string of the molecule is COC(=O)CCN(C(=O)CCCOc1ccc(Cl)cc1Cl)C1CC1. The van der Waals surface area contributed by atoms with E-state index in [0.29, 0.717) is 41.8 Å². The van der Waals surface area contributed by atoms with E-state index >= 15 is 0 Å². The van der Waals surface area contributed by atoms with E-state index in [1.807, 2.05) is 0 Å². The van der Waals surface area contributed by atoms with Gasteiger partial charge in [-0.05, 0) is 37.5 Å². The van der Waals surface area contributed by atoms with E-state index in [4.69, 9.17) is 27.9 Å². The van der Waals surface area contributed by atoms with Crippen LogP contribution in [0.25, 0.3) is 0 Å². The number of methoxy groups -OCH3 is 1. The number of nitrogens with zero attached hydrogens (tertiary/aromatic N) is 1. The molecule has 5 nitrogen and oxygen atoms in total. The maximum atomic E-state index is 12.3. The minimum Gasteiger partial charge on any atom is -0.492 e. The maximum absolute atomic E-state index is 12.3. The van der Waals surface area contributed by atoms with E-state index in [2.05, 4.69) is 4.74 Å². The zero-order valence-electron chi connectivity index (χ0n) is 13.6. The number of amides is 1. The fraction of sp³-hybridized carbons (Fsp3) is 0.529. The van der Waals surface area contributed by atoms with Crippen molar-refractivity contribution in [2.75, 3.05) is 20.3 Å². The van der Waals surface area contributed by atoms with Crippen molar-refractivity contribution in [2.24, 2.45) is 0 Å². The van der Waals surface area contributed by atoms with Crippen LogP contribution in [0.5, 0.6) is 5.75 Å². The van der Waals surface area contributed by atoms with E-state index < -0.39 is 0 Å². The lowest BCUT2D eigenvalue weighted by Crippen LogP contribution is -2.35. The van der Waals surface area contributed by atoms with Crippen LogP contribution in [0.4, 0.5) is 0 Å². The molecular weight excluding hydrogens is 353 g/mol. The van der Waals surface area contributed by atoms with Crippen LogP contribution in [0.3, 0.4) is 0 Å². The zero-order chi connectivity index (χ0) is 17.5. The van der Waals surface area contributed by atoms with Gasteiger partial charge in [-0.15, -0.1) is 0 Å². The van der Waals surface area contributed by atoms with Gasteiger partial charge in [0.15, 0.2) is 0 Å². The predicted molar refractivity (Wildman–Crippen MR) is 92.6 cm³/mol. The summed E-state index contributed by atoms with van der Waals surface area (Å²) in [5, 5.41) is 1.000.